The van der Waals surface area contributed by atoms with Crippen molar-refractivity contribution in [1.29, 1.82) is 0 Å². The summed E-state index contributed by atoms with van der Waals surface area (Å²) in [5.41, 5.74) is 0.396. The van der Waals surface area contributed by atoms with Gasteiger partial charge in [-0.25, -0.2) is 0 Å². The summed E-state index contributed by atoms with van der Waals surface area (Å²) in [6.45, 7) is 19.4. The molecule has 0 spiro atoms. The quantitative estimate of drug-likeness (QED) is 0.555. The van der Waals surface area contributed by atoms with Crippen LogP contribution in [-0.4, -0.2) is 74.7 Å². The van der Waals surface area contributed by atoms with E-state index in [1.54, 1.807) is 0 Å². The first kappa shape index (κ1) is 20.2. The lowest BCUT2D eigenvalue weighted by atomic mass is 9.89. The first-order valence-corrected chi connectivity index (χ1v) is 9.26. The average molecular weight is 326 g/mol. The van der Waals surface area contributed by atoms with Gasteiger partial charge in [0.15, 0.2) is 5.96 Å². The zero-order chi connectivity index (χ0) is 17.3. The molecule has 1 aliphatic rings. The van der Waals surface area contributed by atoms with Crippen molar-refractivity contribution in [2.24, 2.45) is 10.4 Å². The van der Waals surface area contributed by atoms with Crippen molar-refractivity contribution in [2.45, 2.75) is 53.5 Å². The zero-order valence-corrected chi connectivity index (χ0v) is 16.3. The number of rotatable bonds is 7. The van der Waals surface area contributed by atoms with Crippen LogP contribution in [0.25, 0.3) is 0 Å². The van der Waals surface area contributed by atoms with Crippen LogP contribution in [0.15, 0.2) is 4.99 Å². The van der Waals surface area contributed by atoms with Crippen molar-refractivity contribution in [1.82, 2.24) is 20.4 Å². The minimum absolute atomic E-state index is 0.396. The predicted octanol–water partition coefficient (Wildman–Crippen LogP) is 2.00. The van der Waals surface area contributed by atoms with Gasteiger partial charge in [0.25, 0.3) is 0 Å². The second kappa shape index (κ2) is 10.1. The van der Waals surface area contributed by atoms with Gasteiger partial charge in [-0.1, -0.05) is 27.7 Å². The van der Waals surface area contributed by atoms with E-state index in [1.165, 1.54) is 45.6 Å². The van der Waals surface area contributed by atoms with Crippen molar-refractivity contribution in [3.05, 3.63) is 0 Å². The van der Waals surface area contributed by atoms with Crippen LogP contribution in [0.1, 0.15) is 47.5 Å². The first-order valence-electron chi connectivity index (χ1n) is 9.26. The fourth-order valence-electron chi connectivity index (χ4n) is 2.81. The number of hydrogen-bond acceptors (Lipinski definition) is 3. The van der Waals surface area contributed by atoms with Gasteiger partial charge in [0, 0.05) is 52.4 Å². The molecule has 0 aromatic carbocycles. The minimum Gasteiger partial charge on any atom is -0.355 e. The normalized spacial score (nSPS) is 19.7. The van der Waals surface area contributed by atoms with Gasteiger partial charge in [0.2, 0.25) is 0 Å². The molecule has 0 aliphatic carbocycles. The Morgan fingerprint density at radius 1 is 1.13 bits per heavy atom. The molecule has 5 nitrogen and oxygen atoms in total. The van der Waals surface area contributed by atoms with Gasteiger partial charge in [-0.2, -0.15) is 0 Å². The van der Waals surface area contributed by atoms with Crippen LogP contribution in [0.4, 0.5) is 0 Å². The largest absolute Gasteiger partial charge is 0.355 e. The number of nitrogens with one attached hydrogen (secondary N) is 2. The summed E-state index contributed by atoms with van der Waals surface area (Å²) in [5, 5.41) is 6.96. The van der Waals surface area contributed by atoms with Crippen molar-refractivity contribution in [3.63, 3.8) is 0 Å². The molecular weight excluding hydrogens is 286 g/mol. The number of nitrogens with zero attached hydrogens (tertiary/aromatic N) is 3. The van der Waals surface area contributed by atoms with Crippen LogP contribution in [0.2, 0.25) is 0 Å². The molecule has 0 amide bonds. The fourth-order valence-corrected chi connectivity index (χ4v) is 2.81. The Morgan fingerprint density at radius 2 is 1.74 bits per heavy atom. The van der Waals surface area contributed by atoms with Gasteiger partial charge in [-0.05, 0) is 31.7 Å². The van der Waals surface area contributed by atoms with Gasteiger partial charge < -0.3 is 15.5 Å². The second-order valence-corrected chi connectivity index (χ2v) is 7.92. The van der Waals surface area contributed by atoms with Gasteiger partial charge in [-0.15, -0.1) is 0 Å². The Hall–Kier alpha value is -0.810. The number of hydrogen-bond donors (Lipinski definition) is 2. The van der Waals surface area contributed by atoms with E-state index in [9.17, 15) is 0 Å². The maximum Gasteiger partial charge on any atom is 0.191 e. The Bertz CT molecular complexity index is 340. The van der Waals surface area contributed by atoms with E-state index in [1.807, 2.05) is 7.05 Å². The molecule has 23 heavy (non-hydrogen) atoms. The van der Waals surface area contributed by atoms with Crippen molar-refractivity contribution in [2.75, 3.05) is 52.9 Å². The monoisotopic (exact) mass is 325 g/mol. The molecule has 0 saturated carbocycles. The van der Waals surface area contributed by atoms with Gasteiger partial charge in [-0.3, -0.25) is 9.89 Å². The van der Waals surface area contributed by atoms with Crippen LogP contribution in [0.5, 0.6) is 0 Å². The molecule has 1 fully saturated rings. The van der Waals surface area contributed by atoms with E-state index in [0.29, 0.717) is 11.5 Å². The molecule has 1 saturated heterocycles. The number of guanidine groups is 1. The highest BCUT2D eigenvalue weighted by Gasteiger charge is 2.15. The SMILES string of the molecule is CCN1CCN(CCNC(=NC)NC(C)CCC(C)(C)C)CC1. The van der Waals surface area contributed by atoms with E-state index < -0.39 is 0 Å². The standard InChI is InChI=1S/C18H39N5/c1-7-22-12-14-23(15-13-22)11-10-20-17(19-6)21-16(2)8-9-18(3,4)5/h16H,7-15H2,1-6H3,(H2,19,20,21). The zero-order valence-electron chi connectivity index (χ0n) is 16.3. The smallest absolute Gasteiger partial charge is 0.191 e. The average Bonchev–Trinajstić information content (AvgIpc) is 2.52. The molecule has 1 heterocycles. The fraction of sp³-hybridized carbons (Fsp3) is 0.944. The first-order chi connectivity index (χ1) is 10.8. The van der Waals surface area contributed by atoms with Crippen LogP contribution in [0, 0.1) is 5.41 Å². The lowest BCUT2D eigenvalue weighted by Gasteiger charge is -2.34. The Morgan fingerprint density at radius 3 is 2.26 bits per heavy atom. The third-order valence-electron chi connectivity index (χ3n) is 4.57. The van der Waals surface area contributed by atoms with Gasteiger partial charge >= 0.3 is 0 Å². The lowest BCUT2D eigenvalue weighted by molar-refractivity contribution is 0.139. The van der Waals surface area contributed by atoms with E-state index in [-0.39, 0.29) is 0 Å². The van der Waals surface area contributed by atoms with E-state index in [2.05, 4.69) is 60.0 Å². The van der Waals surface area contributed by atoms with E-state index >= 15 is 0 Å². The minimum atomic E-state index is 0.396. The Balaban J connectivity index is 2.19. The molecule has 0 aromatic heterocycles. The molecule has 0 bridgehead atoms. The summed E-state index contributed by atoms with van der Waals surface area (Å²) in [6, 6.07) is 0.452. The number of aliphatic imine (C=N–C) groups is 1. The molecule has 5 heteroatoms. The van der Waals surface area contributed by atoms with Crippen LogP contribution in [0.3, 0.4) is 0 Å². The molecule has 1 rings (SSSR count). The topological polar surface area (TPSA) is 42.9 Å². The summed E-state index contributed by atoms with van der Waals surface area (Å²) in [6.07, 6.45) is 2.39. The Kier molecular flexibility index (Phi) is 8.92. The van der Waals surface area contributed by atoms with Crippen molar-refractivity contribution in [3.8, 4) is 0 Å². The Labute approximate surface area is 143 Å². The van der Waals surface area contributed by atoms with Crippen LogP contribution in [-0.2, 0) is 0 Å². The summed E-state index contributed by atoms with van der Waals surface area (Å²) in [4.78, 5) is 9.40. The highest BCUT2D eigenvalue weighted by molar-refractivity contribution is 5.79. The summed E-state index contributed by atoms with van der Waals surface area (Å²) in [7, 11) is 1.85. The third-order valence-corrected chi connectivity index (χ3v) is 4.57. The molecule has 136 valence electrons. The maximum absolute atomic E-state index is 4.35. The van der Waals surface area contributed by atoms with Crippen molar-refractivity contribution >= 4 is 5.96 Å². The van der Waals surface area contributed by atoms with Gasteiger partial charge in [0.05, 0.1) is 0 Å². The lowest BCUT2D eigenvalue weighted by Crippen LogP contribution is -2.49. The highest BCUT2D eigenvalue weighted by atomic mass is 15.3. The molecule has 1 unspecified atom stereocenters. The third kappa shape index (κ3) is 9.16. The summed E-state index contributed by atoms with van der Waals surface area (Å²) < 4.78 is 0. The summed E-state index contributed by atoms with van der Waals surface area (Å²) in [5.74, 6) is 0.929. The molecule has 0 aromatic rings. The van der Waals surface area contributed by atoms with E-state index in [4.69, 9.17) is 0 Å². The van der Waals surface area contributed by atoms with Crippen LogP contribution >= 0.6 is 0 Å². The van der Waals surface area contributed by atoms with Gasteiger partial charge in [0.1, 0.15) is 0 Å². The van der Waals surface area contributed by atoms with Crippen LogP contribution < -0.4 is 10.6 Å². The second-order valence-electron chi connectivity index (χ2n) is 7.92. The van der Waals surface area contributed by atoms with E-state index in [0.717, 1.165) is 19.0 Å². The highest BCUT2D eigenvalue weighted by Crippen LogP contribution is 2.21. The number of piperazine rings is 1. The van der Waals surface area contributed by atoms with Crippen molar-refractivity contribution < 1.29 is 0 Å². The predicted molar refractivity (Wildman–Crippen MR) is 101 cm³/mol. The molecular formula is C18H39N5. The molecule has 2 N–H and O–H groups in total. The molecule has 0 radical (unpaired) electrons. The number of likely N-dealkylation sites (N-methyl/N-ethyl adjacent to an activating group) is 1. The maximum atomic E-state index is 4.35. The molecule has 1 aliphatic heterocycles. The summed E-state index contributed by atoms with van der Waals surface area (Å²) >= 11 is 0. The molecule has 1 atom stereocenters.